The van der Waals surface area contributed by atoms with E-state index in [0.29, 0.717) is 17.9 Å². The van der Waals surface area contributed by atoms with Gasteiger partial charge < -0.3 is 14.2 Å². The molecule has 4 heteroatoms. The van der Waals surface area contributed by atoms with Crippen LogP contribution in [0.2, 0.25) is 0 Å². The molecule has 4 nitrogen and oxygen atoms in total. The van der Waals surface area contributed by atoms with Crippen molar-refractivity contribution in [3.63, 3.8) is 0 Å². The molecule has 0 unspecified atom stereocenters. The predicted octanol–water partition coefficient (Wildman–Crippen LogP) is 5.40. The molecule has 0 aliphatic heterocycles. The Labute approximate surface area is 158 Å². The number of hydrogen-bond donors (Lipinski definition) is 0. The molecule has 3 aromatic rings. The summed E-state index contributed by atoms with van der Waals surface area (Å²) in [6, 6.07) is 15.5. The molecule has 0 radical (unpaired) electrons. The van der Waals surface area contributed by atoms with Gasteiger partial charge in [0, 0.05) is 5.57 Å². The van der Waals surface area contributed by atoms with E-state index in [2.05, 4.69) is 13.2 Å². The highest BCUT2D eigenvalue weighted by atomic mass is 16.7. The topological polar surface area (TPSA) is 44.8 Å². The fourth-order valence-electron chi connectivity index (χ4n) is 2.70. The van der Waals surface area contributed by atoms with Gasteiger partial charge in [0.25, 0.3) is 0 Å². The summed E-state index contributed by atoms with van der Waals surface area (Å²) in [6.07, 6.45) is 0. The van der Waals surface area contributed by atoms with Crippen molar-refractivity contribution in [3.8, 4) is 11.5 Å². The van der Waals surface area contributed by atoms with Gasteiger partial charge in [-0.2, -0.15) is 0 Å². The molecular weight excluding hydrogens is 340 g/mol. The maximum atomic E-state index is 11.7. The van der Waals surface area contributed by atoms with Gasteiger partial charge in [0.05, 0.1) is 6.61 Å². The number of carbonyl (C=O) groups excluding carboxylic acids is 1. The number of esters is 1. The zero-order chi connectivity index (χ0) is 19.4. The summed E-state index contributed by atoms with van der Waals surface area (Å²) in [5.74, 6) is 0.825. The van der Waals surface area contributed by atoms with E-state index >= 15 is 0 Å². The van der Waals surface area contributed by atoms with Crippen LogP contribution in [-0.2, 0) is 9.53 Å². The molecule has 27 heavy (non-hydrogen) atoms. The van der Waals surface area contributed by atoms with Gasteiger partial charge in [0.15, 0.2) is 6.79 Å². The van der Waals surface area contributed by atoms with Gasteiger partial charge in [-0.1, -0.05) is 43.0 Å². The maximum absolute atomic E-state index is 11.7. The molecule has 0 saturated heterocycles. The molecule has 0 atom stereocenters. The molecular formula is C23H22O4. The fraction of sp³-hybridized carbons (Fsp3) is 0.174. The van der Waals surface area contributed by atoms with Gasteiger partial charge >= 0.3 is 5.97 Å². The van der Waals surface area contributed by atoms with Crippen molar-refractivity contribution >= 4 is 27.5 Å². The average Bonchev–Trinajstić information content (AvgIpc) is 2.64. The Kier molecular flexibility index (Phi) is 5.57. The molecule has 0 aliphatic rings. The highest BCUT2D eigenvalue weighted by Crippen LogP contribution is 2.30. The molecule has 0 spiro atoms. The predicted molar refractivity (Wildman–Crippen MR) is 108 cm³/mol. The van der Waals surface area contributed by atoms with Crippen LogP contribution in [0.4, 0.5) is 0 Å². The van der Waals surface area contributed by atoms with Crippen LogP contribution in [0.1, 0.15) is 13.8 Å². The second kappa shape index (κ2) is 8.06. The van der Waals surface area contributed by atoms with Crippen LogP contribution in [0.5, 0.6) is 11.5 Å². The standard InChI is InChI=1S/C23H22O4/c1-15(2)13-25-14-26-19-7-9-21-17(11-19)5-6-18-12-20(8-10-22(18)21)27-23(24)16(3)4/h5-12H,1,3,13-14H2,2,4H3. The second-order valence-electron chi connectivity index (χ2n) is 6.57. The number of carbonyl (C=O) groups is 1. The zero-order valence-corrected chi connectivity index (χ0v) is 15.6. The first-order valence-corrected chi connectivity index (χ1v) is 8.63. The molecule has 0 saturated carbocycles. The van der Waals surface area contributed by atoms with E-state index in [-0.39, 0.29) is 6.79 Å². The first-order chi connectivity index (χ1) is 12.9. The van der Waals surface area contributed by atoms with Crippen molar-refractivity contribution in [2.75, 3.05) is 13.4 Å². The molecule has 0 aromatic heterocycles. The number of benzene rings is 3. The number of fused-ring (bicyclic) bond motifs is 3. The lowest BCUT2D eigenvalue weighted by Gasteiger charge is -2.10. The van der Waals surface area contributed by atoms with E-state index in [9.17, 15) is 4.79 Å². The summed E-state index contributed by atoms with van der Waals surface area (Å²) in [7, 11) is 0. The van der Waals surface area contributed by atoms with E-state index in [0.717, 1.165) is 32.9 Å². The molecule has 0 amide bonds. The maximum Gasteiger partial charge on any atom is 0.338 e. The van der Waals surface area contributed by atoms with E-state index in [4.69, 9.17) is 14.2 Å². The van der Waals surface area contributed by atoms with Crippen LogP contribution < -0.4 is 9.47 Å². The minimum Gasteiger partial charge on any atom is -0.468 e. The highest BCUT2D eigenvalue weighted by Gasteiger charge is 2.08. The summed E-state index contributed by atoms with van der Waals surface area (Å²) in [5.41, 5.74) is 1.32. The molecule has 0 aliphatic carbocycles. The average molecular weight is 362 g/mol. The quantitative estimate of drug-likeness (QED) is 0.107. The number of rotatable bonds is 7. The van der Waals surface area contributed by atoms with Crippen molar-refractivity contribution in [2.45, 2.75) is 13.8 Å². The molecule has 3 rings (SSSR count). The van der Waals surface area contributed by atoms with Crippen molar-refractivity contribution < 1.29 is 19.0 Å². The Balaban J connectivity index is 1.83. The third kappa shape index (κ3) is 4.54. The van der Waals surface area contributed by atoms with Crippen molar-refractivity contribution in [2.24, 2.45) is 0 Å². The van der Waals surface area contributed by atoms with Crippen LogP contribution in [-0.4, -0.2) is 19.4 Å². The number of hydrogen-bond acceptors (Lipinski definition) is 4. The first kappa shape index (κ1) is 18.7. The molecule has 0 heterocycles. The van der Waals surface area contributed by atoms with Crippen LogP contribution in [0, 0.1) is 0 Å². The van der Waals surface area contributed by atoms with Crippen molar-refractivity contribution in [1.29, 1.82) is 0 Å². The fourth-order valence-corrected chi connectivity index (χ4v) is 2.70. The smallest absolute Gasteiger partial charge is 0.338 e. The van der Waals surface area contributed by atoms with Gasteiger partial charge in [0.1, 0.15) is 11.5 Å². The lowest BCUT2D eigenvalue weighted by Crippen LogP contribution is -2.07. The normalized spacial score (nSPS) is 10.7. The van der Waals surface area contributed by atoms with Gasteiger partial charge in [-0.15, -0.1) is 0 Å². The Morgan fingerprint density at radius 2 is 1.48 bits per heavy atom. The Hall–Kier alpha value is -3.11. The van der Waals surface area contributed by atoms with Gasteiger partial charge in [0.2, 0.25) is 0 Å². The summed E-state index contributed by atoms with van der Waals surface area (Å²) < 4.78 is 16.3. The van der Waals surface area contributed by atoms with Gasteiger partial charge in [-0.3, -0.25) is 0 Å². The van der Waals surface area contributed by atoms with E-state index in [1.807, 2.05) is 49.4 Å². The second-order valence-corrected chi connectivity index (χ2v) is 6.57. The lowest BCUT2D eigenvalue weighted by molar-refractivity contribution is -0.130. The lowest BCUT2D eigenvalue weighted by atomic mass is 10.0. The Morgan fingerprint density at radius 1 is 0.889 bits per heavy atom. The van der Waals surface area contributed by atoms with Gasteiger partial charge in [-0.05, 0) is 59.7 Å². The van der Waals surface area contributed by atoms with Crippen molar-refractivity contribution in [1.82, 2.24) is 0 Å². The van der Waals surface area contributed by atoms with Crippen LogP contribution >= 0.6 is 0 Å². The first-order valence-electron chi connectivity index (χ1n) is 8.63. The SMILES string of the molecule is C=C(C)COCOc1ccc2c(ccc3cc(OC(=O)C(=C)C)ccc32)c1. The Morgan fingerprint density at radius 3 is 2.07 bits per heavy atom. The van der Waals surface area contributed by atoms with E-state index < -0.39 is 5.97 Å². The van der Waals surface area contributed by atoms with Crippen LogP contribution in [0.15, 0.2) is 72.8 Å². The summed E-state index contributed by atoms with van der Waals surface area (Å²) in [5, 5.41) is 4.23. The van der Waals surface area contributed by atoms with E-state index in [1.165, 1.54) is 0 Å². The Bertz CT molecular complexity index is 1030. The minimum atomic E-state index is -0.425. The molecule has 3 aromatic carbocycles. The largest absolute Gasteiger partial charge is 0.468 e. The van der Waals surface area contributed by atoms with Crippen LogP contribution in [0.25, 0.3) is 21.5 Å². The molecule has 138 valence electrons. The monoisotopic (exact) mass is 362 g/mol. The molecule has 0 fully saturated rings. The minimum absolute atomic E-state index is 0.184. The van der Waals surface area contributed by atoms with Crippen LogP contribution in [0.3, 0.4) is 0 Å². The summed E-state index contributed by atoms with van der Waals surface area (Å²) in [4.78, 5) is 11.7. The zero-order valence-electron chi connectivity index (χ0n) is 15.6. The molecule has 0 N–H and O–H groups in total. The third-order valence-electron chi connectivity index (χ3n) is 4.00. The number of ether oxygens (including phenoxy) is 3. The third-order valence-corrected chi connectivity index (χ3v) is 4.00. The highest BCUT2D eigenvalue weighted by molar-refractivity contribution is 6.08. The van der Waals surface area contributed by atoms with Gasteiger partial charge in [-0.25, -0.2) is 4.79 Å². The summed E-state index contributed by atoms with van der Waals surface area (Å²) in [6.45, 7) is 11.6. The van der Waals surface area contributed by atoms with Crippen molar-refractivity contribution in [3.05, 3.63) is 72.8 Å². The summed E-state index contributed by atoms with van der Waals surface area (Å²) >= 11 is 0. The van der Waals surface area contributed by atoms with E-state index in [1.54, 1.807) is 13.0 Å². The molecule has 0 bridgehead atoms.